The predicted octanol–water partition coefficient (Wildman–Crippen LogP) is 3.99. The summed E-state index contributed by atoms with van der Waals surface area (Å²) in [6.07, 6.45) is 2.27. The summed E-state index contributed by atoms with van der Waals surface area (Å²) in [5.41, 5.74) is 1.18. The van der Waals surface area contributed by atoms with Gasteiger partial charge in [-0.05, 0) is 22.8 Å². The number of nitrogens with zero attached hydrogens (tertiary/aromatic N) is 2. The number of aryl methyl sites for hydroxylation is 1. The Kier molecular flexibility index (Phi) is 3.97. The Bertz CT molecular complexity index is 708. The van der Waals surface area contributed by atoms with Gasteiger partial charge < -0.3 is 4.42 Å². The van der Waals surface area contributed by atoms with E-state index in [4.69, 9.17) is 16.0 Å². The molecule has 3 rings (SSSR count). The Morgan fingerprint density at radius 3 is 2.60 bits per heavy atom. The van der Waals surface area contributed by atoms with E-state index in [1.165, 1.54) is 16.3 Å². The van der Waals surface area contributed by atoms with Gasteiger partial charge in [-0.1, -0.05) is 42.5 Å². The van der Waals surface area contributed by atoms with Crippen LogP contribution in [-0.2, 0) is 12.8 Å². The van der Waals surface area contributed by atoms with Crippen molar-refractivity contribution >= 4 is 22.4 Å². The van der Waals surface area contributed by atoms with Gasteiger partial charge in [-0.15, -0.1) is 21.8 Å². The number of hydrogen-bond donors (Lipinski definition) is 0. The molecule has 0 aliphatic carbocycles. The maximum absolute atomic E-state index is 5.65. The van der Waals surface area contributed by atoms with Crippen LogP contribution in [0.1, 0.15) is 23.8 Å². The van der Waals surface area contributed by atoms with Crippen molar-refractivity contribution in [3.05, 3.63) is 59.8 Å². The van der Waals surface area contributed by atoms with Gasteiger partial charge in [0.15, 0.2) is 0 Å². The molecule has 0 saturated carbocycles. The normalized spacial score (nSPS) is 11.1. The molecule has 0 amide bonds. The van der Waals surface area contributed by atoms with Crippen molar-refractivity contribution < 1.29 is 4.42 Å². The van der Waals surface area contributed by atoms with E-state index in [1.54, 1.807) is 0 Å². The molecule has 4 heteroatoms. The monoisotopic (exact) mass is 286 g/mol. The van der Waals surface area contributed by atoms with Crippen LogP contribution in [0, 0.1) is 0 Å². The van der Waals surface area contributed by atoms with E-state index in [1.807, 2.05) is 12.1 Å². The zero-order valence-corrected chi connectivity index (χ0v) is 11.8. The Morgan fingerprint density at radius 2 is 1.75 bits per heavy atom. The molecule has 20 heavy (non-hydrogen) atoms. The van der Waals surface area contributed by atoms with Crippen molar-refractivity contribution in [1.82, 2.24) is 10.2 Å². The fraction of sp³-hybridized carbons (Fsp3) is 0.250. The van der Waals surface area contributed by atoms with Gasteiger partial charge in [0, 0.05) is 12.3 Å². The highest BCUT2D eigenvalue weighted by Crippen LogP contribution is 2.18. The molecule has 1 heterocycles. The zero-order chi connectivity index (χ0) is 13.8. The Labute approximate surface area is 122 Å². The Hall–Kier alpha value is -1.87. The number of aromatic nitrogens is 2. The summed E-state index contributed by atoms with van der Waals surface area (Å²) < 4.78 is 5.62. The van der Waals surface area contributed by atoms with Gasteiger partial charge in [0.05, 0.1) is 6.42 Å². The number of halogens is 1. The van der Waals surface area contributed by atoms with Gasteiger partial charge in [0.1, 0.15) is 0 Å². The van der Waals surface area contributed by atoms with E-state index in [-0.39, 0.29) is 0 Å². The molecule has 2 aromatic carbocycles. The van der Waals surface area contributed by atoms with E-state index >= 15 is 0 Å². The number of benzene rings is 2. The van der Waals surface area contributed by atoms with E-state index in [9.17, 15) is 0 Å². The first-order valence-corrected chi connectivity index (χ1v) is 7.23. The average Bonchev–Trinajstić information content (AvgIpc) is 2.92. The van der Waals surface area contributed by atoms with Crippen molar-refractivity contribution in [1.29, 1.82) is 0 Å². The first kappa shape index (κ1) is 13.1. The van der Waals surface area contributed by atoms with Gasteiger partial charge >= 0.3 is 0 Å². The minimum atomic E-state index is 0.613. The number of fused-ring (bicyclic) bond motifs is 1. The van der Waals surface area contributed by atoms with Crippen molar-refractivity contribution in [2.45, 2.75) is 19.3 Å². The maximum atomic E-state index is 5.65. The summed E-state index contributed by atoms with van der Waals surface area (Å²) >= 11 is 5.65. The first-order valence-electron chi connectivity index (χ1n) is 6.70. The smallest absolute Gasteiger partial charge is 0.220 e. The van der Waals surface area contributed by atoms with Crippen LogP contribution in [0.4, 0.5) is 0 Å². The molecule has 0 atom stereocenters. The number of hydrogen-bond acceptors (Lipinski definition) is 3. The first-order chi connectivity index (χ1) is 9.85. The molecule has 102 valence electrons. The summed E-state index contributed by atoms with van der Waals surface area (Å²) in [7, 11) is 0. The summed E-state index contributed by atoms with van der Waals surface area (Å²) in [5.74, 6) is 1.94. The highest BCUT2D eigenvalue weighted by atomic mass is 35.5. The van der Waals surface area contributed by atoms with Crippen molar-refractivity contribution in [3.8, 4) is 0 Å². The van der Waals surface area contributed by atoms with Crippen LogP contribution in [0.2, 0.25) is 0 Å². The SMILES string of the molecule is ClCCCc1nnc(Cc2ccc3ccccc3c2)o1. The van der Waals surface area contributed by atoms with Crippen LogP contribution >= 0.6 is 11.6 Å². The topological polar surface area (TPSA) is 38.9 Å². The van der Waals surface area contributed by atoms with Gasteiger partial charge in [-0.2, -0.15) is 0 Å². The largest absolute Gasteiger partial charge is 0.425 e. The average molecular weight is 287 g/mol. The third-order valence-electron chi connectivity index (χ3n) is 3.20. The molecule has 0 N–H and O–H groups in total. The highest BCUT2D eigenvalue weighted by molar-refractivity contribution is 6.17. The molecule has 3 aromatic rings. The zero-order valence-electron chi connectivity index (χ0n) is 11.1. The van der Waals surface area contributed by atoms with Gasteiger partial charge in [0.2, 0.25) is 11.8 Å². The lowest BCUT2D eigenvalue weighted by Gasteiger charge is -2.01. The fourth-order valence-electron chi connectivity index (χ4n) is 2.20. The molecule has 0 aliphatic rings. The van der Waals surface area contributed by atoms with Crippen LogP contribution in [0.3, 0.4) is 0 Å². The standard InChI is InChI=1S/C16H15ClN2O/c17-9-3-6-15-18-19-16(20-15)11-12-7-8-13-4-1-2-5-14(13)10-12/h1-2,4-5,7-8,10H,3,6,9,11H2. The van der Waals surface area contributed by atoms with E-state index in [2.05, 4.69) is 40.5 Å². The van der Waals surface area contributed by atoms with Gasteiger partial charge in [-0.3, -0.25) is 0 Å². The molecule has 0 aliphatic heterocycles. The van der Waals surface area contributed by atoms with Gasteiger partial charge in [-0.25, -0.2) is 0 Å². The molecule has 0 fully saturated rings. The summed E-state index contributed by atoms with van der Waals surface area (Å²) in [5, 5.41) is 10.6. The second-order valence-electron chi connectivity index (χ2n) is 4.74. The lowest BCUT2D eigenvalue weighted by molar-refractivity contribution is 0.455. The fourth-order valence-corrected chi connectivity index (χ4v) is 2.34. The van der Waals surface area contributed by atoms with E-state index < -0.39 is 0 Å². The summed E-state index contributed by atoms with van der Waals surface area (Å²) in [4.78, 5) is 0. The Morgan fingerprint density at radius 1 is 0.950 bits per heavy atom. The van der Waals surface area contributed by atoms with Crippen molar-refractivity contribution in [2.24, 2.45) is 0 Å². The van der Waals surface area contributed by atoms with Crippen LogP contribution in [-0.4, -0.2) is 16.1 Å². The molecule has 1 aromatic heterocycles. The third-order valence-corrected chi connectivity index (χ3v) is 3.47. The Balaban J connectivity index is 1.76. The van der Waals surface area contributed by atoms with E-state index in [0.717, 1.165) is 12.8 Å². The van der Waals surface area contributed by atoms with E-state index in [0.29, 0.717) is 24.1 Å². The van der Waals surface area contributed by atoms with Crippen LogP contribution in [0.15, 0.2) is 46.9 Å². The maximum Gasteiger partial charge on any atom is 0.220 e. The van der Waals surface area contributed by atoms with Crippen LogP contribution < -0.4 is 0 Å². The number of rotatable bonds is 5. The van der Waals surface area contributed by atoms with Crippen molar-refractivity contribution in [2.75, 3.05) is 5.88 Å². The molecule has 3 nitrogen and oxygen atoms in total. The molecular formula is C16H15ClN2O. The molecule has 0 spiro atoms. The van der Waals surface area contributed by atoms with Gasteiger partial charge in [0.25, 0.3) is 0 Å². The summed E-state index contributed by atoms with van der Waals surface area (Å²) in [6, 6.07) is 14.7. The third kappa shape index (κ3) is 2.99. The van der Waals surface area contributed by atoms with Crippen LogP contribution in [0.5, 0.6) is 0 Å². The minimum absolute atomic E-state index is 0.613. The second-order valence-corrected chi connectivity index (χ2v) is 5.12. The lowest BCUT2D eigenvalue weighted by Crippen LogP contribution is -1.88. The number of alkyl halides is 1. The molecule has 0 radical (unpaired) electrons. The second kappa shape index (κ2) is 6.06. The minimum Gasteiger partial charge on any atom is -0.425 e. The predicted molar refractivity (Wildman–Crippen MR) is 80.1 cm³/mol. The highest BCUT2D eigenvalue weighted by Gasteiger charge is 2.07. The van der Waals surface area contributed by atoms with Crippen LogP contribution in [0.25, 0.3) is 10.8 Å². The van der Waals surface area contributed by atoms with Crippen molar-refractivity contribution in [3.63, 3.8) is 0 Å². The quantitative estimate of drug-likeness (QED) is 0.666. The lowest BCUT2D eigenvalue weighted by atomic mass is 10.1. The molecule has 0 saturated heterocycles. The molecule has 0 unspecified atom stereocenters. The molecular weight excluding hydrogens is 272 g/mol. The summed E-state index contributed by atoms with van der Waals surface area (Å²) in [6.45, 7) is 0. The molecule has 0 bridgehead atoms.